The topological polar surface area (TPSA) is 55.4 Å². The van der Waals surface area contributed by atoms with Crippen LogP contribution in [-0.4, -0.2) is 18.4 Å². The molecule has 3 aromatic carbocycles. The summed E-state index contributed by atoms with van der Waals surface area (Å²) in [6, 6.07) is 15.0. The fourth-order valence-corrected chi connectivity index (χ4v) is 3.21. The van der Waals surface area contributed by atoms with Crippen LogP contribution in [0.5, 0.6) is 0 Å². The van der Waals surface area contributed by atoms with Crippen LogP contribution in [0.4, 0.5) is 24.5 Å². The van der Waals surface area contributed by atoms with Gasteiger partial charge in [-0.3, -0.25) is 4.79 Å². The first-order chi connectivity index (χ1) is 14.6. The Morgan fingerprint density at radius 2 is 1.65 bits per heavy atom. The van der Waals surface area contributed by atoms with Gasteiger partial charge in [0.15, 0.2) is 6.61 Å². The number of carbonyl (C=O) groups is 2. The number of anilines is 2. The van der Waals surface area contributed by atoms with E-state index >= 15 is 0 Å². The molecule has 3 aromatic rings. The molecule has 0 spiro atoms. The van der Waals surface area contributed by atoms with Crippen molar-refractivity contribution in [2.24, 2.45) is 0 Å². The Kier molecular flexibility index (Phi) is 6.87. The maximum Gasteiger partial charge on any atom is 0.416 e. The maximum absolute atomic E-state index is 12.9. The van der Waals surface area contributed by atoms with Crippen LogP contribution < -0.4 is 5.32 Å². The molecule has 0 saturated carbocycles. The average molecular weight is 468 g/mol. The minimum atomic E-state index is -4.50. The molecular formula is C22H14Cl2F3NO3. The molecule has 0 aliphatic heterocycles. The first kappa shape index (κ1) is 22.7. The lowest BCUT2D eigenvalue weighted by Crippen LogP contribution is -2.15. The fraction of sp³-hybridized carbons (Fsp3) is 0.0909. The number of hydrogen-bond acceptors (Lipinski definition) is 4. The molecule has 0 heterocycles. The van der Waals surface area contributed by atoms with Crippen LogP contribution in [0.15, 0.2) is 66.7 Å². The number of rotatable bonds is 6. The van der Waals surface area contributed by atoms with Crippen LogP contribution in [0.25, 0.3) is 0 Å². The molecule has 0 aliphatic rings. The summed E-state index contributed by atoms with van der Waals surface area (Å²) in [7, 11) is 0. The van der Waals surface area contributed by atoms with Crippen molar-refractivity contribution in [2.75, 3.05) is 11.9 Å². The van der Waals surface area contributed by atoms with Gasteiger partial charge in [-0.2, -0.15) is 13.2 Å². The third-order valence-electron chi connectivity index (χ3n) is 4.18. The molecule has 0 saturated heterocycles. The lowest BCUT2D eigenvalue weighted by Gasteiger charge is -2.13. The molecule has 0 unspecified atom stereocenters. The molecule has 1 N–H and O–H groups in total. The minimum absolute atomic E-state index is 0.0508. The SMILES string of the molecule is O=C(COC(=O)c1ccccc1Nc1cccc(C(F)(F)F)c1)c1ccc(Cl)cc1Cl. The zero-order valence-corrected chi connectivity index (χ0v) is 17.2. The predicted molar refractivity (Wildman–Crippen MR) is 112 cm³/mol. The number of halogens is 5. The normalized spacial score (nSPS) is 11.1. The van der Waals surface area contributed by atoms with E-state index in [4.69, 9.17) is 27.9 Å². The number of ether oxygens (including phenoxy) is 1. The van der Waals surface area contributed by atoms with Gasteiger partial charge in [-0.25, -0.2) is 4.79 Å². The number of Topliss-reactive ketones (excluding diaryl/α,β-unsaturated/α-hetero) is 1. The van der Waals surface area contributed by atoms with Gasteiger partial charge in [0, 0.05) is 16.3 Å². The predicted octanol–water partition coefficient (Wildman–Crippen LogP) is 6.80. The highest BCUT2D eigenvalue weighted by Gasteiger charge is 2.30. The van der Waals surface area contributed by atoms with Gasteiger partial charge in [0.1, 0.15) is 0 Å². The van der Waals surface area contributed by atoms with Crippen molar-refractivity contribution >= 4 is 46.3 Å². The quantitative estimate of drug-likeness (QED) is 0.320. The summed E-state index contributed by atoms with van der Waals surface area (Å²) in [6.45, 7) is -0.571. The maximum atomic E-state index is 12.9. The first-order valence-electron chi connectivity index (χ1n) is 8.84. The molecule has 9 heteroatoms. The largest absolute Gasteiger partial charge is 0.454 e. The van der Waals surface area contributed by atoms with E-state index in [1.165, 1.54) is 42.5 Å². The smallest absolute Gasteiger partial charge is 0.416 e. The Hall–Kier alpha value is -3.03. The number of benzene rings is 3. The number of esters is 1. The Morgan fingerprint density at radius 3 is 2.35 bits per heavy atom. The van der Waals surface area contributed by atoms with E-state index in [1.807, 2.05) is 0 Å². The number of alkyl halides is 3. The van der Waals surface area contributed by atoms with E-state index < -0.39 is 30.1 Å². The lowest BCUT2D eigenvalue weighted by atomic mass is 10.1. The molecule has 3 rings (SSSR count). The second-order valence-corrected chi connectivity index (χ2v) is 7.22. The molecular weight excluding hydrogens is 454 g/mol. The number of nitrogens with one attached hydrogen (secondary N) is 1. The second-order valence-electron chi connectivity index (χ2n) is 6.37. The van der Waals surface area contributed by atoms with E-state index in [0.29, 0.717) is 5.02 Å². The van der Waals surface area contributed by atoms with Crippen LogP contribution in [0.3, 0.4) is 0 Å². The summed E-state index contributed by atoms with van der Waals surface area (Å²) in [5.41, 5.74) is -0.268. The zero-order valence-electron chi connectivity index (χ0n) is 15.7. The van der Waals surface area contributed by atoms with Gasteiger partial charge in [-0.1, -0.05) is 41.4 Å². The molecule has 31 heavy (non-hydrogen) atoms. The molecule has 0 aliphatic carbocycles. The van der Waals surface area contributed by atoms with Gasteiger partial charge in [0.2, 0.25) is 5.78 Å². The monoisotopic (exact) mass is 467 g/mol. The van der Waals surface area contributed by atoms with Crippen LogP contribution in [-0.2, 0) is 10.9 Å². The van der Waals surface area contributed by atoms with Crippen molar-refractivity contribution < 1.29 is 27.5 Å². The second kappa shape index (κ2) is 9.41. The van der Waals surface area contributed by atoms with Crippen LogP contribution in [0.2, 0.25) is 10.0 Å². The fourth-order valence-electron chi connectivity index (χ4n) is 2.70. The number of carbonyl (C=O) groups excluding carboxylic acids is 2. The molecule has 160 valence electrons. The summed E-state index contributed by atoms with van der Waals surface area (Å²) in [5, 5.41) is 3.26. The van der Waals surface area contributed by atoms with E-state index in [0.717, 1.165) is 12.1 Å². The van der Waals surface area contributed by atoms with Crippen molar-refractivity contribution in [1.82, 2.24) is 0 Å². The van der Waals surface area contributed by atoms with E-state index in [-0.39, 0.29) is 27.5 Å². The Labute approximate surface area is 185 Å². The minimum Gasteiger partial charge on any atom is -0.454 e. The number of para-hydroxylation sites is 1. The Bertz CT molecular complexity index is 1130. The molecule has 0 amide bonds. The van der Waals surface area contributed by atoms with Gasteiger partial charge in [0.25, 0.3) is 0 Å². The lowest BCUT2D eigenvalue weighted by molar-refractivity contribution is -0.137. The third kappa shape index (κ3) is 5.77. The average Bonchev–Trinajstić information content (AvgIpc) is 2.72. The Balaban J connectivity index is 1.74. The van der Waals surface area contributed by atoms with Gasteiger partial charge in [-0.05, 0) is 48.5 Å². The Morgan fingerprint density at radius 1 is 0.903 bits per heavy atom. The van der Waals surface area contributed by atoms with E-state index in [2.05, 4.69) is 5.32 Å². The van der Waals surface area contributed by atoms with Crippen LogP contribution in [0.1, 0.15) is 26.3 Å². The number of hydrogen-bond donors (Lipinski definition) is 1. The molecule has 0 bridgehead atoms. The van der Waals surface area contributed by atoms with Crippen molar-refractivity contribution in [3.8, 4) is 0 Å². The standard InChI is InChI=1S/C22H14Cl2F3NO3/c23-14-8-9-16(18(24)11-14)20(29)12-31-21(30)17-6-1-2-7-19(17)28-15-5-3-4-13(10-15)22(25,26)27/h1-11,28H,12H2. The summed E-state index contributed by atoms with van der Waals surface area (Å²) < 4.78 is 43.9. The van der Waals surface area contributed by atoms with Crippen molar-refractivity contribution in [2.45, 2.75) is 6.18 Å². The highest BCUT2D eigenvalue weighted by molar-refractivity contribution is 6.36. The molecule has 4 nitrogen and oxygen atoms in total. The highest BCUT2D eigenvalue weighted by Crippen LogP contribution is 2.32. The number of ketones is 1. The zero-order chi connectivity index (χ0) is 22.6. The van der Waals surface area contributed by atoms with Crippen LogP contribution in [0, 0.1) is 0 Å². The molecule has 0 fully saturated rings. The van der Waals surface area contributed by atoms with Crippen molar-refractivity contribution in [3.05, 3.63) is 93.5 Å². The summed E-state index contributed by atoms with van der Waals surface area (Å²) in [5.74, 6) is -1.35. The van der Waals surface area contributed by atoms with E-state index in [1.54, 1.807) is 12.1 Å². The van der Waals surface area contributed by atoms with Gasteiger partial charge < -0.3 is 10.1 Å². The molecule has 0 atom stereocenters. The van der Waals surface area contributed by atoms with Crippen LogP contribution >= 0.6 is 23.2 Å². The van der Waals surface area contributed by atoms with Crippen molar-refractivity contribution in [1.29, 1.82) is 0 Å². The summed E-state index contributed by atoms with van der Waals surface area (Å²) >= 11 is 11.8. The van der Waals surface area contributed by atoms with Gasteiger partial charge in [0.05, 0.1) is 21.8 Å². The summed E-state index contributed by atoms with van der Waals surface area (Å²) in [4.78, 5) is 24.8. The molecule has 0 radical (unpaired) electrons. The first-order valence-corrected chi connectivity index (χ1v) is 9.59. The highest BCUT2D eigenvalue weighted by atomic mass is 35.5. The van der Waals surface area contributed by atoms with Gasteiger partial charge in [-0.15, -0.1) is 0 Å². The van der Waals surface area contributed by atoms with Gasteiger partial charge >= 0.3 is 12.1 Å². The van der Waals surface area contributed by atoms with Crippen molar-refractivity contribution in [3.63, 3.8) is 0 Å². The third-order valence-corrected chi connectivity index (χ3v) is 4.73. The molecule has 0 aromatic heterocycles. The summed E-state index contributed by atoms with van der Waals surface area (Å²) in [6.07, 6.45) is -4.50. The van der Waals surface area contributed by atoms with E-state index in [9.17, 15) is 22.8 Å².